The third-order valence-electron chi connectivity index (χ3n) is 15.0. The molecule has 20 N–H and O–H groups in total. The molecule has 33 nitrogen and oxygen atoms in total. The van der Waals surface area contributed by atoms with E-state index in [1.807, 2.05) is 0 Å². The van der Waals surface area contributed by atoms with Crippen molar-refractivity contribution >= 4 is 88.7 Å². The Morgan fingerprint density at radius 2 is 0.926 bits per heavy atom. The van der Waals surface area contributed by atoms with E-state index in [4.69, 9.17) is 17.2 Å². The number of carboxylic acid groups (broad SMARTS) is 1. The topological polar surface area (TPSA) is 530 Å². The smallest absolute Gasteiger partial charge is 0.326 e. The van der Waals surface area contributed by atoms with Gasteiger partial charge < -0.3 is 95.9 Å². The second kappa shape index (κ2) is 41.1. The van der Waals surface area contributed by atoms with Gasteiger partial charge >= 0.3 is 5.97 Å². The van der Waals surface area contributed by atoms with Crippen molar-refractivity contribution in [2.24, 2.45) is 40.9 Å². The first-order valence-electron chi connectivity index (χ1n) is 31.9. The van der Waals surface area contributed by atoms with Gasteiger partial charge in [-0.15, -0.1) is 0 Å². The molecular formula is C62H101N15O18. The second-order valence-electron chi connectivity index (χ2n) is 25.4. The average Bonchev–Trinajstić information content (AvgIpc) is 1.79. The van der Waals surface area contributed by atoms with E-state index >= 15 is 0 Å². The molecule has 33 heteroatoms. The van der Waals surface area contributed by atoms with E-state index in [0.717, 1.165) is 6.92 Å². The summed E-state index contributed by atoms with van der Waals surface area (Å²) < 4.78 is 0. The zero-order valence-corrected chi connectivity index (χ0v) is 55.9. The zero-order valence-electron chi connectivity index (χ0n) is 55.9. The van der Waals surface area contributed by atoms with Crippen LogP contribution in [0.2, 0.25) is 0 Å². The molecule has 1 aliphatic heterocycles. The summed E-state index contributed by atoms with van der Waals surface area (Å²) in [6.07, 6.45) is -2.88. The van der Waals surface area contributed by atoms with Gasteiger partial charge in [0.1, 0.15) is 66.5 Å². The average molecular weight is 1340 g/mol. The van der Waals surface area contributed by atoms with Crippen molar-refractivity contribution in [1.29, 1.82) is 0 Å². The Labute approximate surface area is 552 Å². The minimum absolute atomic E-state index is 0.0287. The Bertz CT molecular complexity index is 2820. The number of aliphatic hydroxyl groups is 2. The monoisotopic (exact) mass is 1340 g/mol. The van der Waals surface area contributed by atoms with Crippen LogP contribution in [0.1, 0.15) is 139 Å². The van der Waals surface area contributed by atoms with E-state index < -0.39 is 207 Å². The van der Waals surface area contributed by atoms with E-state index in [1.54, 1.807) is 85.7 Å². The number of nitrogens with zero attached hydrogens (tertiary/aromatic N) is 1. The van der Waals surface area contributed by atoms with Crippen molar-refractivity contribution in [2.45, 2.75) is 212 Å². The molecule has 12 atom stereocenters. The first-order chi connectivity index (χ1) is 44.5. The highest BCUT2D eigenvalue weighted by atomic mass is 16.4. The minimum atomic E-state index is -1.81. The molecule has 0 aromatic heterocycles. The van der Waals surface area contributed by atoms with Gasteiger partial charge in [-0.1, -0.05) is 85.7 Å². The fraction of sp³-hybridized carbons (Fsp3) is 0.661. The lowest BCUT2D eigenvalue weighted by Crippen LogP contribution is -2.61. The first kappa shape index (κ1) is 82.2. The van der Waals surface area contributed by atoms with Crippen LogP contribution in [0.15, 0.2) is 30.3 Å². The van der Waals surface area contributed by atoms with Crippen molar-refractivity contribution in [1.82, 2.24) is 63.4 Å². The van der Waals surface area contributed by atoms with Crippen molar-refractivity contribution in [2.75, 3.05) is 26.2 Å². The number of amides is 14. The highest BCUT2D eigenvalue weighted by Gasteiger charge is 2.41. The Morgan fingerprint density at radius 1 is 0.505 bits per heavy atom. The van der Waals surface area contributed by atoms with Crippen LogP contribution in [0.5, 0.6) is 0 Å². The molecule has 1 aromatic rings. The lowest BCUT2D eigenvalue weighted by molar-refractivity contribution is -0.145. The Kier molecular flexibility index (Phi) is 35.6. The van der Waals surface area contributed by atoms with Gasteiger partial charge in [0, 0.05) is 25.8 Å². The number of primary amides is 2. The van der Waals surface area contributed by atoms with Crippen LogP contribution in [0, 0.1) is 23.7 Å². The predicted molar refractivity (Wildman–Crippen MR) is 343 cm³/mol. The molecule has 1 fully saturated rings. The van der Waals surface area contributed by atoms with Gasteiger partial charge in [0.05, 0.1) is 25.8 Å². The number of nitrogens with two attached hydrogens (primary N) is 3. The van der Waals surface area contributed by atoms with Gasteiger partial charge in [-0.3, -0.25) is 67.1 Å². The summed E-state index contributed by atoms with van der Waals surface area (Å²) >= 11 is 0. The summed E-state index contributed by atoms with van der Waals surface area (Å²) in [6.45, 7) is 14.1. The van der Waals surface area contributed by atoms with E-state index in [2.05, 4.69) is 58.5 Å². The Hall–Kier alpha value is -8.85. The zero-order chi connectivity index (χ0) is 72.0. The summed E-state index contributed by atoms with van der Waals surface area (Å²) in [6, 6.07) is -7.09. The van der Waals surface area contributed by atoms with Crippen LogP contribution in [0.3, 0.4) is 0 Å². The van der Waals surface area contributed by atoms with E-state index in [1.165, 1.54) is 11.8 Å². The number of nitrogens with one attached hydrogen (secondary N) is 11. The fourth-order valence-corrected chi connectivity index (χ4v) is 10.1. The number of carbonyl (C=O) groups is 15. The number of carbonyl (C=O) groups excluding carboxylic acids is 14. The molecule has 14 amide bonds. The summed E-state index contributed by atoms with van der Waals surface area (Å²) in [5.41, 5.74) is 16.8. The van der Waals surface area contributed by atoms with Crippen LogP contribution in [-0.4, -0.2) is 208 Å². The van der Waals surface area contributed by atoms with Crippen molar-refractivity contribution in [3.63, 3.8) is 0 Å². The lowest BCUT2D eigenvalue weighted by atomic mass is 9.99. The molecule has 0 spiro atoms. The lowest BCUT2D eigenvalue weighted by Gasteiger charge is -2.31. The molecule has 0 aliphatic carbocycles. The molecule has 0 bridgehead atoms. The minimum Gasteiger partial charge on any atom is -0.480 e. The maximum absolute atomic E-state index is 14.3. The van der Waals surface area contributed by atoms with Gasteiger partial charge in [-0.2, -0.15) is 0 Å². The number of rotatable bonds is 42. The number of hydrogen-bond donors (Lipinski definition) is 17. The molecule has 1 heterocycles. The third-order valence-corrected chi connectivity index (χ3v) is 15.0. The van der Waals surface area contributed by atoms with Gasteiger partial charge in [0.15, 0.2) is 0 Å². The Balaban J connectivity index is 2.27. The molecule has 0 unspecified atom stereocenters. The van der Waals surface area contributed by atoms with E-state index in [-0.39, 0.29) is 68.7 Å². The summed E-state index contributed by atoms with van der Waals surface area (Å²) in [4.78, 5) is 201. The maximum atomic E-state index is 14.3. The van der Waals surface area contributed by atoms with Crippen LogP contribution in [0.25, 0.3) is 0 Å². The fourth-order valence-electron chi connectivity index (χ4n) is 10.1. The van der Waals surface area contributed by atoms with Crippen LogP contribution in [0.4, 0.5) is 0 Å². The number of hydrogen-bond acceptors (Lipinski definition) is 18. The SMILES string of the molecule is CC(C)C[C@H](NC(=O)[C@H](C)NC(=O)CN)C(=O)N[C@@H](CCC(N)=O)C(=O)N[C@@H](CO)C(=O)N[C@@H](CC(C)C)C(=O)N[C@@H](CC(C)C)C(=O)NCC(=O)N[C@H](C(=O)N[C@@H](CCC(N)=O)C(=O)N[C@@H](CC(C)C)C(=O)N1CCC[C@H]1C(=O)N[C@@H](Cc1ccccc1)C(=O)O)[C@@H](C)O. The number of aliphatic hydroxyl groups excluding tert-OH is 2. The molecule has 532 valence electrons. The quantitative estimate of drug-likeness (QED) is 0.0293. The van der Waals surface area contributed by atoms with Crippen molar-refractivity contribution < 1.29 is 87.2 Å². The molecular weight excluding hydrogens is 1240 g/mol. The maximum Gasteiger partial charge on any atom is 0.326 e. The van der Waals surface area contributed by atoms with Gasteiger partial charge in [0.2, 0.25) is 82.7 Å². The molecule has 95 heavy (non-hydrogen) atoms. The van der Waals surface area contributed by atoms with Crippen LogP contribution < -0.4 is 75.7 Å². The number of benzene rings is 1. The number of aliphatic carboxylic acids is 1. The largest absolute Gasteiger partial charge is 0.480 e. The molecule has 0 radical (unpaired) electrons. The predicted octanol–water partition coefficient (Wildman–Crippen LogP) is -4.66. The summed E-state index contributed by atoms with van der Waals surface area (Å²) in [5, 5.41) is 58.0. The number of carboxylic acids is 1. The molecule has 1 aromatic carbocycles. The molecule has 0 saturated carbocycles. The molecule has 1 saturated heterocycles. The van der Waals surface area contributed by atoms with Crippen LogP contribution >= 0.6 is 0 Å². The summed E-state index contributed by atoms with van der Waals surface area (Å²) in [5.74, 6) is -14.9. The molecule has 1 aliphatic rings. The number of likely N-dealkylation sites (tertiary alicyclic amines) is 1. The van der Waals surface area contributed by atoms with Crippen molar-refractivity contribution in [3.05, 3.63) is 35.9 Å². The van der Waals surface area contributed by atoms with Crippen LogP contribution in [-0.2, 0) is 78.3 Å². The third kappa shape index (κ3) is 30.0. The highest BCUT2D eigenvalue weighted by molar-refractivity contribution is 5.99. The normalized spacial score (nSPS) is 16.3. The van der Waals surface area contributed by atoms with Gasteiger partial charge in [-0.25, -0.2) is 4.79 Å². The van der Waals surface area contributed by atoms with E-state index in [0.29, 0.717) is 12.0 Å². The molecule has 2 rings (SSSR count). The first-order valence-corrected chi connectivity index (χ1v) is 31.9. The standard InChI is InChI=1S/C62H101N15O18/c1-31(2)23-40(71-57(89)42(25-33(5)6)72-58(90)45(30-78)75-55(87)38(18-20-47(64)80)68-56(88)41(24-32(3)4)70-52(84)35(9)67-49(82)28-63)53(85)66-29-50(83)76-51(36(10)79)60(92)69-39(19-21-48(65)81)54(86)73-43(26-34(7)8)61(93)77-22-14-17-46(77)59(91)74-44(62(94)95)27-37-15-12-11-13-16-37/h11-13,15-16,31-36,38-46,51,78-79H,14,17-30,63H2,1-10H3,(H2,64,80)(H2,65,81)(H,66,85)(H,67,82)(H,68,88)(H,69,92)(H,70,84)(H,71,89)(H,72,90)(H,73,86)(H,74,91)(H,75,87)(H,76,83)(H,94,95)/t35-,36+,38-,39-,40-,41-,42-,43-,44-,45-,46-,51-/m0/s1. The second-order valence-corrected chi connectivity index (χ2v) is 25.4. The van der Waals surface area contributed by atoms with Gasteiger partial charge in [-0.05, 0) is 94.4 Å². The summed E-state index contributed by atoms with van der Waals surface area (Å²) in [7, 11) is 0. The van der Waals surface area contributed by atoms with E-state index in [9.17, 15) is 87.2 Å². The van der Waals surface area contributed by atoms with Crippen molar-refractivity contribution in [3.8, 4) is 0 Å². The highest BCUT2D eigenvalue weighted by Crippen LogP contribution is 2.22. The Morgan fingerprint density at radius 3 is 1.38 bits per heavy atom. The van der Waals surface area contributed by atoms with Gasteiger partial charge in [0.25, 0.3) is 0 Å².